The third-order valence-electron chi connectivity index (χ3n) is 3.60. The van der Waals surface area contributed by atoms with E-state index in [0.717, 1.165) is 12.6 Å². The summed E-state index contributed by atoms with van der Waals surface area (Å²) < 4.78 is 8.62. The Labute approximate surface area is 110 Å². The fourth-order valence-electron chi connectivity index (χ4n) is 2.92. The molecule has 3 nitrogen and oxygen atoms in total. The number of rotatable bonds is 6. The maximum atomic E-state index is 5.82. The molecule has 1 saturated carbocycles. The topological polar surface area (TPSA) is 24.5 Å². The lowest BCUT2D eigenvalue weighted by Crippen LogP contribution is -2.65. The number of nitrogens with zero attached hydrogens (tertiary/aromatic N) is 1. The second kappa shape index (κ2) is 7.04. The highest BCUT2D eigenvalue weighted by Gasteiger charge is 2.37. The number of nitrogens with one attached hydrogen (secondary N) is 1. The summed E-state index contributed by atoms with van der Waals surface area (Å²) in [6, 6.07) is 0.783. The molecule has 5 heteroatoms. The summed E-state index contributed by atoms with van der Waals surface area (Å²) in [6.45, 7) is 10.6. The molecule has 0 amide bonds. The maximum Gasteiger partial charge on any atom is 0.331 e. The third kappa shape index (κ3) is 4.48. The third-order valence-corrected chi connectivity index (χ3v) is 10.7. The van der Waals surface area contributed by atoms with Crippen molar-refractivity contribution in [1.29, 1.82) is 0 Å². The fourth-order valence-corrected chi connectivity index (χ4v) is 9.30. The van der Waals surface area contributed by atoms with Gasteiger partial charge in [-0.25, -0.2) is 0 Å². The van der Waals surface area contributed by atoms with Crippen LogP contribution < -0.4 is 4.98 Å². The van der Waals surface area contributed by atoms with Gasteiger partial charge >= 0.3 is 9.36 Å². The van der Waals surface area contributed by atoms with Crippen molar-refractivity contribution in [3.63, 3.8) is 0 Å². The van der Waals surface area contributed by atoms with Gasteiger partial charge in [0.2, 0.25) is 0 Å². The Morgan fingerprint density at radius 3 is 2.24 bits per heavy atom. The van der Waals surface area contributed by atoms with Crippen LogP contribution in [0.1, 0.15) is 39.0 Å². The molecule has 0 aromatic carbocycles. The Balaban J connectivity index is 2.77. The van der Waals surface area contributed by atoms with Gasteiger partial charge in [0.15, 0.2) is 0 Å². The Bertz CT molecular complexity index is 210. The lowest BCUT2D eigenvalue weighted by Gasteiger charge is -2.45. The average Bonchev–Trinajstić information content (AvgIpc) is 2.28. The van der Waals surface area contributed by atoms with E-state index in [1.807, 2.05) is 7.11 Å². The van der Waals surface area contributed by atoms with Gasteiger partial charge in [-0.05, 0) is 25.4 Å². The standard InChI is InChI=1S/C12H30N2OSi2/c1-6-13-16(15-2)14(17(3,4)5)12-10-8-7-9-11-12/h12-13,16H,6-11H2,1-5H3. The van der Waals surface area contributed by atoms with Gasteiger partial charge < -0.3 is 13.6 Å². The first kappa shape index (κ1) is 15.4. The van der Waals surface area contributed by atoms with Crippen LogP contribution in [0, 0.1) is 0 Å². The fraction of sp³-hybridized carbons (Fsp3) is 1.00. The summed E-state index contributed by atoms with van der Waals surface area (Å²) in [7, 11) is -0.784. The van der Waals surface area contributed by atoms with E-state index < -0.39 is 17.6 Å². The van der Waals surface area contributed by atoms with Crippen molar-refractivity contribution in [1.82, 2.24) is 9.21 Å². The van der Waals surface area contributed by atoms with E-state index in [9.17, 15) is 0 Å². The van der Waals surface area contributed by atoms with Crippen LogP contribution >= 0.6 is 0 Å². The van der Waals surface area contributed by atoms with Crippen molar-refractivity contribution in [3.8, 4) is 0 Å². The Morgan fingerprint density at radius 1 is 1.24 bits per heavy atom. The molecule has 0 aromatic rings. The first-order chi connectivity index (χ1) is 8.00. The molecule has 17 heavy (non-hydrogen) atoms. The minimum atomic E-state index is -1.38. The highest BCUT2D eigenvalue weighted by molar-refractivity contribution is 6.81. The van der Waals surface area contributed by atoms with Gasteiger partial charge in [0, 0.05) is 7.11 Å². The molecule has 1 aliphatic rings. The Hall–Kier alpha value is 0.314. The number of hydrogen-bond acceptors (Lipinski definition) is 3. The smallest absolute Gasteiger partial charge is 0.331 e. The molecular formula is C12H30N2OSi2. The SMILES string of the molecule is CCN[SiH](OC)N(C1CCCCC1)[Si](C)(C)C. The molecule has 1 atom stereocenters. The van der Waals surface area contributed by atoms with Crippen molar-refractivity contribution < 1.29 is 4.43 Å². The van der Waals surface area contributed by atoms with Gasteiger partial charge in [-0.3, -0.25) is 0 Å². The van der Waals surface area contributed by atoms with Crippen LogP contribution in [0.2, 0.25) is 19.6 Å². The van der Waals surface area contributed by atoms with Gasteiger partial charge in [-0.15, -0.1) is 0 Å². The highest BCUT2D eigenvalue weighted by atomic mass is 28.4. The minimum absolute atomic E-state index is 0.783. The number of hydrogen-bond donors (Lipinski definition) is 1. The van der Waals surface area contributed by atoms with E-state index in [2.05, 4.69) is 35.8 Å². The van der Waals surface area contributed by atoms with Crippen LogP contribution in [0.5, 0.6) is 0 Å². The van der Waals surface area contributed by atoms with E-state index >= 15 is 0 Å². The summed E-state index contributed by atoms with van der Waals surface area (Å²) in [5, 5.41) is 0. The molecule has 1 unspecified atom stereocenters. The van der Waals surface area contributed by atoms with Gasteiger partial charge in [0.25, 0.3) is 0 Å². The van der Waals surface area contributed by atoms with Crippen molar-refractivity contribution in [2.24, 2.45) is 0 Å². The summed E-state index contributed by atoms with van der Waals surface area (Å²) >= 11 is 0. The molecule has 0 radical (unpaired) electrons. The molecule has 1 N–H and O–H groups in total. The summed E-state index contributed by atoms with van der Waals surface area (Å²) in [5.41, 5.74) is 0. The largest absolute Gasteiger partial charge is 0.398 e. The van der Waals surface area contributed by atoms with Crippen LogP contribution in [0.3, 0.4) is 0 Å². The van der Waals surface area contributed by atoms with Gasteiger partial charge in [0.05, 0.1) is 0 Å². The average molecular weight is 275 g/mol. The first-order valence-corrected chi connectivity index (χ1v) is 12.1. The predicted molar refractivity (Wildman–Crippen MR) is 79.9 cm³/mol. The van der Waals surface area contributed by atoms with Gasteiger partial charge in [-0.1, -0.05) is 45.8 Å². The van der Waals surface area contributed by atoms with E-state index in [4.69, 9.17) is 4.43 Å². The van der Waals surface area contributed by atoms with Crippen LogP contribution in [0.15, 0.2) is 0 Å². The van der Waals surface area contributed by atoms with E-state index in [-0.39, 0.29) is 0 Å². The van der Waals surface area contributed by atoms with Crippen molar-refractivity contribution in [3.05, 3.63) is 0 Å². The van der Waals surface area contributed by atoms with Crippen molar-refractivity contribution in [2.45, 2.75) is 64.7 Å². The molecule has 0 saturated heterocycles. The molecule has 102 valence electrons. The second-order valence-corrected chi connectivity index (χ2v) is 13.5. The van der Waals surface area contributed by atoms with E-state index in [1.165, 1.54) is 32.1 Å². The summed E-state index contributed by atoms with van der Waals surface area (Å²) in [6.07, 6.45) is 6.99. The zero-order chi connectivity index (χ0) is 12.9. The molecule has 0 spiro atoms. The van der Waals surface area contributed by atoms with Gasteiger partial charge in [0.1, 0.15) is 8.24 Å². The van der Waals surface area contributed by atoms with Gasteiger partial charge in [-0.2, -0.15) is 0 Å². The summed E-state index contributed by atoms with van der Waals surface area (Å²) in [4.78, 5) is 3.61. The van der Waals surface area contributed by atoms with Crippen LogP contribution in [-0.4, -0.2) is 41.5 Å². The quantitative estimate of drug-likeness (QED) is 0.753. The molecule has 1 fully saturated rings. The predicted octanol–water partition coefficient (Wildman–Crippen LogP) is 2.43. The molecule has 0 bridgehead atoms. The van der Waals surface area contributed by atoms with Crippen molar-refractivity contribution >= 4 is 17.6 Å². The normalized spacial score (nSPS) is 20.8. The second-order valence-electron chi connectivity index (χ2n) is 6.02. The molecule has 0 heterocycles. The van der Waals surface area contributed by atoms with Crippen LogP contribution in [-0.2, 0) is 4.43 Å². The highest BCUT2D eigenvalue weighted by Crippen LogP contribution is 2.27. The molecule has 1 aliphatic carbocycles. The van der Waals surface area contributed by atoms with E-state index in [1.54, 1.807) is 0 Å². The van der Waals surface area contributed by atoms with Crippen LogP contribution in [0.4, 0.5) is 0 Å². The molecule has 0 aliphatic heterocycles. The van der Waals surface area contributed by atoms with Crippen molar-refractivity contribution in [2.75, 3.05) is 13.7 Å². The maximum absolute atomic E-state index is 5.82. The first-order valence-electron chi connectivity index (χ1n) is 7.05. The monoisotopic (exact) mass is 274 g/mol. The zero-order valence-corrected chi connectivity index (χ0v) is 14.4. The van der Waals surface area contributed by atoms with Crippen LogP contribution in [0.25, 0.3) is 0 Å². The lowest BCUT2D eigenvalue weighted by atomic mass is 9.96. The lowest BCUT2D eigenvalue weighted by molar-refractivity contribution is 0.274. The molecule has 0 aromatic heterocycles. The molecular weight excluding hydrogens is 244 g/mol. The Morgan fingerprint density at radius 2 is 1.82 bits per heavy atom. The Kier molecular flexibility index (Phi) is 6.36. The summed E-state index contributed by atoms with van der Waals surface area (Å²) in [5.74, 6) is 0. The van der Waals surface area contributed by atoms with E-state index in [0.29, 0.717) is 0 Å². The zero-order valence-electron chi connectivity index (χ0n) is 12.3. The minimum Gasteiger partial charge on any atom is -0.398 e. The molecule has 1 rings (SSSR count).